The highest BCUT2D eigenvalue weighted by Crippen LogP contribution is 2.19. The molecule has 0 spiro atoms. The van der Waals surface area contributed by atoms with Crippen molar-refractivity contribution in [2.75, 3.05) is 30.4 Å². The number of thiocarbonyl (C=S) groups is 1. The van der Waals surface area contributed by atoms with Crippen LogP contribution < -0.4 is 15.5 Å². The van der Waals surface area contributed by atoms with Crippen LogP contribution in [-0.4, -0.2) is 25.2 Å². The number of aryl methyl sites for hydroxylation is 1. The van der Waals surface area contributed by atoms with Gasteiger partial charge in [-0.15, -0.1) is 0 Å². The molecule has 0 atom stereocenters. The van der Waals surface area contributed by atoms with Crippen molar-refractivity contribution in [3.63, 3.8) is 0 Å². The lowest BCUT2D eigenvalue weighted by molar-refractivity contribution is 0.827. The summed E-state index contributed by atoms with van der Waals surface area (Å²) >= 11 is 11.4. The molecule has 0 saturated heterocycles. The van der Waals surface area contributed by atoms with Crippen LogP contribution in [0, 0.1) is 6.92 Å². The van der Waals surface area contributed by atoms with Crippen molar-refractivity contribution in [1.82, 2.24) is 5.32 Å². The van der Waals surface area contributed by atoms with Gasteiger partial charge in [-0.3, -0.25) is 0 Å². The molecule has 2 N–H and O–H groups in total. The molecular formula is C17H20ClN3S. The van der Waals surface area contributed by atoms with E-state index < -0.39 is 0 Å². The molecule has 0 unspecified atom stereocenters. The van der Waals surface area contributed by atoms with Gasteiger partial charge in [0.25, 0.3) is 0 Å². The third kappa shape index (κ3) is 4.90. The molecule has 3 nitrogen and oxygen atoms in total. The highest BCUT2D eigenvalue weighted by Gasteiger charge is 2.02. The SMILES string of the molecule is Cc1ccc(NC(=S)NCCN(C)c2ccccc2)cc1Cl. The van der Waals surface area contributed by atoms with Crippen molar-refractivity contribution in [2.45, 2.75) is 6.92 Å². The summed E-state index contributed by atoms with van der Waals surface area (Å²) in [7, 11) is 2.06. The lowest BCUT2D eigenvalue weighted by Crippen LogP contribution is -2.35. The predicted molar refractivity (Wildman–Crippen MR) is 100 cm³/mol. The van der Waals surface area contributed by atoms with Gasteiger partial charge >= 0.3 is 0 Å². The highest BCUT2D eigenvalue weighted by molar-refractivity contribution is 7.80. The molecule has 0 fully saturated rings. The van der Waals surface area contributed by atoms with E-state index in [4.69, 9.17) is 23.8 Å². The summed E-state index contributed by atoms with van der Waals surface area (Å²) in [5.41, 5.74) is 3.13. The van der Waals surface area contributed by atoms with E-state index in [-0.39, 0.29) is 0 Å². The van der Waals surface area contributed by atoms with Crippen molar-refractivity contribution in [3.05, 3.63) is 59.1 Å². The Morgan fingerprint density at radius 1 is 1.18 bits per heavy atom. The monoisotopic (exact) mass is 333 g/mol. The second-order valence-corrected chi connectivity index (χ2v) is 5.92. The molecule has 2 rings (SSSR count). The van der Waals surface area contributed by atoms with Crippen molar-refractivity contribution in [3.8, 4) is 0 Å². The summed E-state index contributed by atoms with van der Waals surface area (Å²) < 4.78 is 0. The first-order valence-electron chi connectivity index (χ1n) is 7.13. The van der Waals surface area contributed by atoms with E-state index in [1.54, 1.807) is 0 Å². The Balaban J connectivity index is 1.77. The molecule has 22 heavy (non-hydrogen) atoms. The zero-order valence-electron chi connectivity index (χ0n) is 12.8. The number of halogens is 1. The topological polar surface area (TPSA) is 27.3 Å². The number of para-hydroxylation sites is 1. The molecule has 2 aromatic rings. The number of benzene rings is 2. The molecule has 116 valence electrons. The van der Waals surface area contributed by atoms with Gasteiger partial charge in [0.15, 0.2) is 5.11 Å². The summed E-state index contributed by atoms with van der Waals surface area (Å²) in [6.07, 6.45) is 0. The van der Waals surface area contributed by atoms with Crippen molar-refractivity contribution < 1.29 is 0 Å². The first-order valence-corrected chi connectivity index (χ1v) is 7.92. The fourth-order valence-corrected chi connectivity index (χ4v) is 2.40. The molecule has 0 aliphatic heterocycles. The number of likely N-dealkylation sites (N-methyl/N-ethyl adjacent to an activating group) is 1. The number of hydrogen-bond donors (Lipinski definition) is 2. The minimum absolute atomic E-state index is 0.599. The maximum atomic E-state index is 6.10. The maximum Gasteiger partial charge on any atom is 0.170 e. The molecule has 2 aromatic carbocycles. The van der Waals surface area contributed by atoms with Gasteiger partial charge in [-0.05, 0) is 49.0 Å². The van der Waals surface area contributed by atoms with Gasteiger partial charge in [-0.2, -0.15) is 0 Å². The number of rotatable bonds is 5. The molecule has 0 aliphatic rings. The van der Waals surface area contributed by atoms with Crippen molar-refractivity contribution in [1.29, 1.82) is 0 Å². The molecular weight excluding hydrogens is 314 g/mol. The number of nitrogens with one attached hydrogen (secondary N) is 2. The van der Waals surface area contributed by atoms with Crippen molar-refractivity contribution in [2.24, 2.45) is 0 Å². The Bertz CT molecular complexity index is 631. The van der Waals surface area contributed by atoms with E-state index in [1.165, 1.54) is 5.69 Å². The summed E-state index contributed by atoms with van der Waals surface area (Å²) in [6, 6.07) is 16.1. The number of hydrogen-bond acceptors (Lipinski definition) is 2. The predicted octanol–water partition coefficient (Wildman–Crippen LogP) is 4.07. The highest BCUT2D eigenvalue weighted by atomic mass is 35.5. The van der Waals surface area contributed by atoms with Crippen LogP contribution in [0.5, 0.6) is 0 Å². The molecule has 0 aliphatic carbocycles. The first kappa shape index (κ1) is 16.6. The van der Waals surface area contributed by atoms with Gasteiger partial charge in [0.2, 0.25) is 0 Å². The summed E-state index contributed by atoms with van der Waals surface area (Å²) in [6.45, 7) is 3.60. The zero-order valence-corrected chi connectivity index (χ0v) is 14.3. The van der Waals surface area contributed by atoms with E-state index in [0.717, 1.165) is 29.4 Å². The normalized spacial score (nSPS) is 10.1. The van der Waals surface area contributed by atoms with E-state index >= 15 is 0 Å². The van der Waals surface area contributed by atoms with Crippen LogP contribution in [0.1, 0.15) is 5.56 Å². The van der Waals surface area contributed by atoms with E-state index in [2.05, 4.69) is 34.7 Å². The van der Waals surface area contributed by atoms with Crippen LogP contribution >= 0.6 is 23.8 Å². The molecule has 0 amide bonds. The van der Waals surface area contributed by atoms with E-state index in [1.807, 2.05) is 43.3 Å². The zero-order chi connectivity index (χ0) is 15.9. The largest absolute Gasteiger partial charge is 0.373 e. The fraction of sp³-hybridized carbons (Fsp3) is 0.235. The Hall–Kier alpha value is -1.78. The van der Waals surface area contributed by atoms with Crippen molar-refractivity contribution >= 4 is 40.3 Å². The molecule has 0 radical (unpaired) electrons. The van der Waals surface area contributed by atoms with Crippen LogP contribution in [0.3, 0.4) is 0 Å². The average molecular weight is 334 g/mol. The second kappa shape index (κ2) is 8.01. The van der Waals surface area contributed by atoms with Crippen LogP contribution in [0.25, 0.3) is 0 Å². The fourth-order valence-electron chi connectivity index (χ4n) is 1.99. The third-order valence-electron chi connectivity index (χ3n) is 3.36. The second-order valence-electron chi connectivity index (χ2n) is 5.10. The Kier molecular flexibility index (Phi) is 6.04. The quantitative estimate of drug-likeness (QED) is 0.806. The number of anilines is 2. The van der Waals surface area contributed by atoms with Gasteiger partial charge in [-0.1, -0.05) is 35.9 Å². The molecule has 5 heteroatoms. The Morgan fingerprint density at radius 2 is 1.91 bits per heavy atom. The minimum Gasteiger partial charge on any atom is -0.373 e. The molecule has 0 saturated carbocycles. The van der Waals surface area contributed by atoms with Crippen LogP contribution in [0.4, 0.5) is 11.4 Å². The van der Waals surface area contributed by atoms with Gasteiger partial charge < -0.3 is 15.5 Å². The van der Waals surface area contributed by atoms with Crippen LogP contribution in [-0.2, 0) is 0 Å². The van der Waals surface area contributed by atoms with E-state index in [9.17, 15) is 0 Å². The lowest BCUT2D eigenvalue weighted by atomic mass is 10.2. The molecule has 0 bridgehead atoms. The molecule has 0 heterocycles. The maximum absolute atomic E-state index is 6.10. The summed E-state index contributed by atoms with van der Waals surface area (Å²) in [5, 5.41) is 7.67. The number of nitrogens with zero attached hydrogens (tertiary/aromatic N) is 1. The first-order chi connectivity index (χ1) is 10.6. The smallest absolute Gasteiger partial charge is 0.170 e. The van der Waals surface area contributed by atoms with Gasteiger partial charge in [0.1, 0.15) is 0 Å². The van der Waals surface area contributed by atoms with Crippen LogP contribution in [0.15, 0.2) is 48.5 Å². The minimum atomic E-state index is 0.599. The van der Waals surface area contributed by atoms with Gasteiger partial charge in [-0.25, -0.2) is 0 Å². The van der Waals surface area contributed by atoms with Crippen LogP contribution in [0.2, 0.25) is 5.02 Å². The Labute approximate surface area is 142 Å². The molecule has 0 aromatic heterocycles. The van der Waals surface area contributed by atoms with E-state index in [0.29, 0.717) is 5.11 Å². The lowest BCUT2D eigenvalue weighted by Gasteiger charge is -2.20. The standard InChI is InChI=1S/C17H20ClN3S/c1-13-8-9-14(12-16(13)18)20-17(22)19-10-11-21(2)15-6-4-3-5-7-15/h3-9,12H,10-11H2,1-2H3,(H2,19,20,22). The van der Waals surface area contributed by atoms with Gasteiger partial charge in [0, 0.05) is 36.5 Å². The summed E-state index contributed by atoms with van der Waals surface area (Å²) in [4.78, 5) is 2.18. The average Bonchev–Trinajstić information content (AvgIpc) is 2.51. The van der Waals surface area contributed by atoms with Gasteiger partial charge in [0.05, 0.1) is 0 Å². The summed E-state index contributed by atoms with van der Waals surface area (Å²) in [5.74, 6) is 0. The third-order valence-corrected chi connectivity index (χ3v) is 4.01. The Morgan fingerprint density at radius 3 is 2.59 bits per heavy atom.